The van der Waals surface area contributed by atoms with Crippen LogP contribution in [0.1, 0.15) is 35.2 Å². The lowest BCUT2D eigenvalue weighted by atomic mass is 9.92. The fourth-order valence-corrected chi connectivity index (χ4v) is 5.86. The van der Waals surface area contributed by atoms with Gasteiger partial charge in [-0.05, 0) is 60.9 Å². The Morgan fingerprint density at radius 3 is 2.55 bits per heavy atom. The molecule has 29 heavy (non-hydrogen) atoms. The van der Waals surface area contributed by atoms with Gasteiger partial charge >= 0.3 is 0 Å². The lowest BCUT2D eigenvalue weighted by molar-refractivity contribution is 0.122. The van der Waals surface area contributed by atoms with Gasteiger partial charge in [-0.15, -0.1) is 0 Å². The fourth-order valence-electron chi connectivity index (χ4n) is 4.41. The minimum atomic E-state index is -3.54. The Morgan fingerprint density at radius 1 is 0.931 bits per heavy atom. The Balaban J connectivity index is 1.40. The lowest BCUT2D eigenvalue weighted by Crippen LogP contribution is -2.39. The highest BCUT2D eigenvalue weighted by Crippen LogP contribution is 2.28. The number of morpholine rings is 1. The molecule has 0 unspecified atom stereocenters. The predicted molar refractivity (Wildman–Crippen MR) is 109 cm³/mol. The van der Waals surface area contributed by atoms with Crippen molar-refractivity contribution in [2.45, 2.75) is 43.5 Å². The summed E-state index contributed by atoms with van der Waals surface area (Å²) in [6.45, 7) is 3.62. The van der Waals surface area contributed by atoms with Crippen molar-refractivity contribution in [3.63, 3.8) is 0 Å². The molecule has 3 aliphatic rings. The van der Waals surface area contributed by atoms with Crippen molar-refractivity contribution in [2.24, 2.45) is 0 Å². The summed E-state index contributed by atoms with van der Waals surface area (Å²) >= 11 is 0. The number of anilines is 1. The zero-order valence-electron chi connectivity index (χ0n) is 16.5. The van der Waals surface area contributed by atoms with E-state index in [1.165, 1.54) is 17.5 Å². The van der Waals surface area contributed by atoms with Crippen LogP contribution < -0.4 is 4.90 Å². The number of aryl methyl sites for hydroxylation is 2. The first-order valence-corrected chi connectivity index (χ1v) is 11.8. The maximum absolute atomic E-state index is 13.3. The Bertz CT molecular complexity index is 1020. The van der Waals surface area contributed by atoms with Gasteiger partial charge in [0.1, 0.15) is 0 Å². The van der Waals surface area contributed by atoms with Gasteiger partial charge in [-0.2, -0.15) is 4.31 Å². The molecular weight excluding hydrogens is 388 g/mol. The van der Waals surface area contributed by atoms with Crippen LogP contribution in [0, 0.1) is 0 Å². The number of aromatic nitrogens is 2. The van der Waals surface area contributed by atoms with E-state index in [1.807, 2.05) is 18.3 Å². The highest BCUT2D eigenvalue weighted by atomic mass is 32.2. The van der Waals surface area contributed by atoms with Crippen LogP contribution in [0.2, 0.25) is 0 Å². The molecule has 2 aliphatic heterocycles. The Labute approximate surface area is 171 Å². The summed E-state index contributed by atoms with van der Waals surface area (Å²) in [7, 11) is -3.54. The van der Waals surface area contributed by atoms with Crippen molar-refractivity contribution in [1.29, 1.82) is 0 Å². The van der Waals surface area contributed by atoms with Crippen LogP contribution in [-0.4, -0.2) is 55.5 Å². The molecule has 3 heterocycles. The SMILES string of the molecule is O=S(=O)(c1ccc2c(c1)CCCC2)N1CCc2cnc(N3CCOCC3)nc2C1. The summed E-state index contributed by atoms with van der Waals surface area (Å²) in [6, 6.07) is 5.66. The van der Waals surface area contributed by atoms with Gasteiger partial charge < -0.3 is 9.64 Å². The third-order valence-electron chi connectivity index (χ3n) is 6.15. The largest absolute Gasteiger partial charge is 0.378 e. The van der Waals surface area contributed by atoms with Crippen LogP contribution in [0.3, 0.4) is 0 Å². The number of fused-ring (bicyclic) bond motifs is 2. The lowest BCUT2D eigenvalue weighted by Gasteiger charge is -2.30. The van der Waals surface area contributed by atoms with E-state index in [9.17, 15) is 8.42 Å². The molecule has 1 fully saturated rings. The van der Waals surface area contributed by atoms with Crippen LogP contribution in [0.25, 0.3) is 0 Å². The summed E-state index contributed by atoms with van der Waals surface area (Å²) in [5.74, 6) is 0.667. The summed E-state index contributed by atoms with van der Waals surface area (Å²) in [5, 5.41) is 0. The molecule has 0 atom stereocenters. The molecule has 0 saturated carbocycles. The van der Waals surface area contributed by atoms with Crippen molar-refractivity contribution < 1.29 is 13.2 Å². The molecule has 8 heteroatoms. The van der Waals surface area contributed by atoms with E-state index in [0.717, 1.165) is 43.6 Å². The number of ether oxygens (including phenoxy) is 1. The second-order valence-corrected chi connectivity index (χ2v) is 9.91. The van der Waals surface area contributed by atoms with Crippen molar-refractivity contribution >= 4 is 16.0 Å². The number of nitrogens with zero attached hydrogens (tertiary/aromatic N) is 4. The monoisotopic (exact) mass is 414 g/mol. The van der Waals surface area contributed by atoms with E-state index in [2.05, 4.69) is 9.88 Å². The normalized spacial score (nSPS) is 20.2. The van der Waals surface area contributed by atoms with E-state index < -0.39 is 10.0 Å². The van der Waals surface area contributed by atoms with Gasteiger partial charge in [0.25, 0.3) is 0 Å². The second kappa shape index (κ2) is 7.66. The van der Waals surface area contributed by atoms with Crippen LogP contribution in [0.4, 0.5) is 5.95 Å². The first-order chi connectivity index (χ1) is 14.1. The molecule has 0 amide bonds. The van der Waals surface area contributed by atoms with Gasteiger partial charge in [0, 0.05) is 25.8 Å². The molecule has 0 spiro atoms. The molecule has 2 aromatic rings. The van der Waals surface area contributed by atoms with E-state index in [4.69, 9.17) is 9.72 Å². The first-order valence-electron chi connectivity index (χ1n) is 10.4. The molecule has 0 radical (unpaired) electrons. The van der Waals surface area contributed by atoms with Gasteiger partial charge in [-0.3, -0.25) is 0 Å². The van der Waals surface area contributed by atoms with Crippen molar-refractivity contribution in [3.8, 4) is 0 Å². The second-order valence-electron chi connectivity index (χ2n) is 7.97. The highest BCUT2D eigenvalue weighted by molar-refractivity contribution is 7.89. The molecule has 7 nitrogen and oxygen atoms in total. The van der Waals surface area contributed by atoms with E-state index in [1.54, 1.807) is 10.4 Å². The first kappa shape index (κ1) is 19.0. The summed E-state index contributed by atoms with van der Waals surface area (Å²) in [6.07, 6.45) is 6.84. The van der Waals surface area contributed by atoms with Crippen LogP contribution in [-0.2, 0) is 40.6 Å². The van der Waals surface area contributed by atoms with Gasteiger partial charge in [-0.1, -0.05) is 6.07 Å². The van der Waals surface area contributed by atoms with Crippen molar-refractivity contribution in [3.05, 3.63) is 46.8 Å². The predicted octanol–water partition coefficient (Wildman–Crippen LogP) is 1.94. The third-order valence-corrected chi connectivity index (χ3v) is 7.99. The van der Waals surface area contributed by atoms with E-state index in [0.29, 0.717) is 43.6 Å². The molecule has 1 saturated heterocycles. The average Bonchev–Trinajstić information content (AvgIpc) is 2.78. The summed E-state index contributed by atoms with van der Waals surface area (Å²) in [5.41, 5.74) is 4.34. The molecule has 1 aromatic carbocycles. The standard InChI is InChI=1S/C21H26N4O3S/c26-29(27,19-6-5-16-3-1-2-4-17(16)13-19)25-8-7-18-14-22-21(23-20(18)15-25)24-9-11-28-12-10-24/h5-6,13-14H,1-4,7-12,15H2. The van der Waals surface area contributed by atoms with E-state index in [-0.39, 0.29) is 0 Å². The Kier molecular flexibility index (Phi) is 5.01. The fraction of sp³-hybridized carbons (Fsp3) is 0.524. The maximum atomic E-state index is 13.3. The van der Waals surface area contributed by atoms with Gasteiger partial charge in [-0.25, -0.2) is 18.4 Å². The molecule has 5 rings (SSSR count). The molecule has 1 aliphatic carbocycles. The molecule has 0 N–H and O–H groups in total. The van der Waals surface area contributed by atoms with Crippen LogP contribution in [0.5, 0.6) is 0 Å². The number of hydrogen-bond acceptors (Lipinski definition) is 6. The van der Waals surface area contributed by atoms with Crippen LogP contribution in [0.15, 0.2) is 29.3 Å². The van der Waals surface area contributed by atoms with Crippen molar-refractivity contribution in [1.82, 2.24) is 14.3 Å². The number of benzene rings is 1. The average molecular weight is 415 g/mol. The molecular formula is C21H26N4O3S. The number of sulfonamides is 1. The Morgan fingerprint density at radius 2 is 1.72 bits per heavy atom. The van der Waals surface area contributed by atoms with Gasteiger partial charge in [0.15, 0.2) is 0 Å². The summed E-state index contributed by atoms with van der Waals surface area (Å²) in [4.78, 5) is 11.7. The smallest absolute Gasteiger partial charge is 0.243 e. The molecule has 1 aromatic heterocycles. The summed E-state index contributed by atoms with van der Waals surface area (Å²) < 4.78 is 33.6. The minimum absolute atomic E-state index is 0.300. The number of rotatable bonds is 3. The zero-order chi connectivity index (χ0) is 19.8. The van der Waals surface area contributed by atoms with Crippen LogP contribution >= 0.6 is 0 Å². The van der Waals surface area contributed by atoms with Crippen molar-refractivity contribution in [2.75, 3.05) is 37.7 Å². The zero-order valence-corrected chi connectivity index (χ0v) is 17.3. The number of hydrogen-bond donors (Lipinski definition) is 0. The van der Waals surface area contributed by atoms with Gasteiger partial charge in [0.05, 0.1) is 30.3 Å². The third kappa shape index (κ3) is 3.65. The quantitative estimate of drug-likeness (QED) is 0.764. The van der Waals surface area contributed by atoms with E-state index >= 15 is 0 Å². The topological polar surface area (TPSA) is 75.6 Å². The van der Waals surface area contributed by atoms with Gasteiger partial charge in [0.2, 0.25) is 16.0 Å². The molecule has 154 valence electrons. The minimum Gasteiger partial charge on any atom is -0.378 e. The highest BCUT2D eigenvalue weighted by Gasteiger charge is 2.30. The maximum Gasteiger partial charge on any atom is 0.243 e. The molecule has 0 bridgehead atoms. The Hall–Kier alpha value is -2.03.